The van der Waals surface area contributed by atoms with E-state index in [-0.39, 0.29) is 13.0 Å². The van der Waals surface area contributed by atoms with Crippen LogP contribution < -0.4 is 5.32 Å². The van der Waals surface area contributed by atoms with Crippen LogP contribution in [0.1, 0.15) is 12.5 Å². The van der Waals surface area contributed by atoms with Crippen molar-refractivity contribution < 1.29 is 17.6 Å². The lowest BCUT2D eigenvalue weighted by molar-refractivity contribution is -0.155. The van der Waals surface area contributed by atoms with Crippen molar-refractivity contribution in [3.8, 4) is 0 Å². The van der Waals surface area contributed by atoms with E-state index in [4.69, 9.17) is 0 Å². The van der Waals surface area contributed by atoms with Gasteiger partial charge in [0.1, 0.15) is 11.9 Å². The fourth-order valence-electron chi connectivity index (χ4n) is 1.41. The van der Waals surface area contributed by atoms with Crippen molar-refractivity contribution in [3.05, 3.63) is 35.6 Å². The Morgan fingerprint density at radius 3 is 2.19 bits per heavy atom. The lowest BCUT2D eigenvalue weighted by Crippen LogP contribution is -2.43. The summed E-state index contributed by atoms with van der Waals surface area (Å²) in [5, 5.41) is 2.37. The predicted octanol–water partition coefficient (Wildman–Crippen LogP) is 2.91. The van der Waals surface area contributed by atoms with E-state index in [2.05, 4.69) is 5.32 Å². The van der Waals surface area contributed by atoms with E-state index in [0.717, 1.165) is 12.1 Å². The summed E-state index contributed by atoms with van der Waals surface area (Å²) in [7, 11) is 0. The molecule has 0 aliphatic rings. The van der Waals surface area contributed by atoms with Gasteiger partial charge in [-0.25, -0.2) is 4.39 Å². The number of rotatable bonds is 4. The van der Waals surface area contributed by atoms with E-state index in [1.54, 1.807) is 6.92 Å². The standard InChI is InChI=1S/C11H13F4N/c1-2-16-10(11(13,14)15)7-8-3-5-9(12)6-4-8/h3-6,10,16H,2,7H2,1H3. The minimum Gasteiger partial charge on any atom is -0.306 e. The molecule has 0 aliphatic carbocycles. The Labute approximate surface area is 91.5 Å². The molecular weight excluding hydrogens is 222 g/mol. The fraction of sp³-hybridized carbons (Fsp3) is 0.455. The van der Waals surface area contributed by atoms with Crippen LogP contribution in [0.5, 0.6) is 0 Å². The first-order chi connectivity index (χ1) is 7.43. The summed E-state index contributed by atoms with van der Waals surface area (Å²) in [5.74, 6) is -0.448. The molecule has 0 radical (unpaired) electrons. The third-order valence-electron chi connectivity index (χ3n) is 2.20. The van der Waals surface area contributed by atoms with Gasteiger partial charge in [-0.2, -0.15) is 13.2 Å². The molecule has 1 N–H and O–H groups in total. The summed E-state index contributed by atoms with van der Waals surface area (Å²) in [6, 6.07) is 3.48. The molecule has 0 saturated heterocycles. The average Bonchev–Trinajstić information content (AvgIpc) is 2.19. The number of hydrogen-bond acceptors (Lipinski definition) is 1. The van der Waals surface area contributed by atoms with E-state index >= 15 is 0 Å². The van der Waals surface area contributed by atoms with E-state index in [1.807, 2.05) is 0 Å². The Bertz CT molecular complexity index is 318. The van der Waals surface area contributed by atoms with Gasteiger partial charge in [-0.15, -0.1) is 0 Å². The van der Waals surface area contributed by atoms with Crippen LogP contribution in [0.4, 0.5) is 17.6 Å². The van der Waals surface area contributed by atoms with E-state index in [9.17, 15) is 17.6 Å². The van der Waals surface area contributed by atoms with Gasteiger partial charge in [-0.05, 0) is 30.7 Å². The normalized spacial score (nSPS) is 13.8. The molecule has 5 heteroatoms. The zero-order chi connectivity index (χ0) is 12.2. The first-order valence-corrected chi connectivity index (χ1v) is 4.98. The highest BCUT2D eigenvalue weighted by Crippen LogP contribution is 2.23. The Kier molecular flexibility index (Phi) is 4.29. The molecule has 1 aromatic carbocycles. The summed E-state index contributed by atoms with van der Waals surface area (Å²) >= 11 is 0. The van der Waals surface area contributed by atoms with Gasteiger partial charge in [0.2, 0.25) is 0 Å². The number of alkyl halides is 3. The second kappa shape index (κ2) is 5.30. The van der Waals surface area contributed by atoms with Crippen LogP contribution in [-0.4, -0.2) is 18.8 Å². The highest BCUT2D eigenvalue weighted by Gasteiger charge is 2.38. The monoisotopic (exact) mass is 235 g/mol. The van der Waals surface area contributed by atoms with Crippen molar-refractivity contribution >= 4 is 0 Å². The number of hydrogen-bond donors (Lipinski definition) is 1. The van der Waals surface area contributed by atoms with Crippen molar-refractivity contribution in [2.45, 2.75) is 25.6 Å². The SMILES string of the molecule is CCNC(Cc1ccc(F)cc1)C(F)(F)F. The third kappa shape index (κ3) is 3.81. The molecule has 0 saturated carbocycles. The van der Waals surface area contributed by atoms with E-state index in [0.29, 0.717) is 5.56 Å². The van der Waals surface area contributed by atoms with Gasteiger partial charge in [0.05, 0.1) is 0 Å². The van der Waals surface area contributed by atoms with Gasteiger partial charge >= 0.3 is 6.18 Å². The summed E-state index contributed by atoms with van der Waals surface area (Å²) in [4.78, 5) is 0. The molecule has 1 aromatic rings. The van der Waals surface area contributed by atoms with Crippen molar-refractivity contribution in [1.29, 1.82) is 0 Å². The van der Waals surface area contributed by atoms with Crippen LogP contribution >= 0.6 is 0 Å². The molecule has 0 aromatic heterocycles. The first-order valence-electron chi connectivity index (χ1n) is 4.98. The van der Waals surface area contributed by atoms with Gasteiger partial charge in [-0.3, -0.25) is 0 Å². The fourth-order valence-corrected chi connectivity index (χ4v) is 1.41. The maximum atomic E-state index is 12.6. The largest absolute Gasteiger partial charge is 0.404 e. The van der Waals surface area contributed by atoms with Crippen LogP contribution in [-0.2, 0) is 6.42 Å². The van der Waals surface area contributed by atoms with Gasteiger partial charge in [0, 0.05) is 0 Å². The number of benzene rings is 1. The van der Waals surface area contributed by atoms with Gasteiger partial charge in [-0.1, -0.05) is 19.1 Å². The maximum absolute atomic E-state index is 12.6. The van der Waals surface area contributed by atoms with Crippen molar-refractivity contribution in [2.24, 2.45) is 0 Å². The summed E-state index contributed by atoms with van der Waals surface area (Å²) < 4.78 is 50.2. The van der Waals surface area contributed by atoms with E-state index < -0.39 is 18.0 Å². The number of nitrogens with one attached hydrogen (secondary N) is 1. The Morgan fingerprint density at radius 2 is 1.75 bits per heavy atom. The zero-order valence-electron chi connectivity index (χ0n) is 8.81. The van der Waals surface area contributed by atoms with Crippen molar-refractivity contribution in [2.75, 3.05) is 6.54 Å². The summed E-state index contributed by atoms with van der Waals surface area (Å²) in [5.41, 5.74) is 0.463. The lowest BCUT2D eigenvalue weighted by Gasteiger charge is -2.20. The molecule has 0 bridgehead atoms. The second-order valence-electron chi connectivity index (χ2n) is 3.48. The molecule has 0 heterocycles. The second-order valence-corrected chi connectivity index (χ2v) is 3.48. The molecular formula is C11H13F4N. The van der Waals surface area contributed by atoms with Crippen LogP contribution in [0.25, 0.3) is 0 Å². The third-order valence-corrected chi connectivity index (χ3v) is 2.20. The molecule has 0 amide bonds. The highest BCUT2D eigenvalue weighted by molar-refractivity contribution is 5.17. The molecule has 1 atom stereocenters. The van der Waals surface area contributed by atoms with Gasteiger partial charge in [0.25, 0.3) is 0 Å². The topological polar surface area (TPSA) is 12.0 Å². The Morgan fingerprint density at radius 1 is 1.19 bits per heavy atom. The lowest BCUT2D eigenvalue weighted by atomic mass is 10.1. The minimum absolute atomic E-state index is 0.183. The smallest absolute Gasteiger partial charge is 0.306 e. The molecule has 16 heavy (non-hydrogen) atoms. The molecule has 1 rings (SSSR count). The zero-order valence-corrected chi connectivity index (χ0v) is 8.81. The molecule has 0 aliphatic heterocycles. The number of halogens is 4. The maximum Gasteiger partial charge on any atom is 0.404 e. The average molecular weight is 235 g/mol. The predicted molar refractivity (Wildman–Crippen MR) is 53.6 cm³/mol. The van der Waals surface area contributed by atoms with Crippen molar-refractivity contribution in [3.63, 3.8) is 0 Å². The summed E-state index contributed by atoms with van der Waals surface area (Å²) in [6.45, 7) is 1.86. The van der Waals surface area contributed by atoms with E-state index in [1.165, 1.54) is 12.1 Å². The van der Waals surface area contributed by atoms with Crippen LogP contribution in [0.3, 0.4) is 0 Å². The number of likely N-dealkylation sites (N-methyl/N-ethyl adjacent to an activating group) is 1. The Hall–Kier alpha value is -1.10. The first kappa shape index (κ1) is 13.0. The minimum atomic E-state index is -4.29. The highest BCUT2D eigenvalue weighted by atomic mass is 19.4. The molecule has 90 valence electrons. The molecule has 0 spiro atoms. The molecule has 1 unspecified atom stereocenters. The van der Waals surface area contributed by atoms with Crippen LogP contribution in [0.15, 0.2) is 24.3 Å². The van der Waals surface area contributed by atoms with Gasteiger partial charge in [0.15, 0.2) is 0 Å². The van der Waals surface area contributed by atoms with Crippen LogP contribution in [0.2, 0.25) is 0 Å². The Balaban J connectivity index is 2.72. The summed E-state index contributed by atoms with van der Waals surface area (Å²) in [6.07, 6.45) is -4.47. The quantitative estimate of drug-likeness (QED) is 0.791. The van der Waals surface area contributed by atoms with Crippen LogP contribution in [0, 0.1) is 5.82 Å². The molecule has 1 nitrogen and oxygen atoms in total. The van der Waals surface area contributed by atoms with Crippen molar-refractivity contribution in [1.82, 2.24) is 5.32 Å². The van der Waals surface area contributed by atoms with Gasteiger partial charge < -0.3 is 5.32 Å². The molecule has 0 fully saturated rings.